The maximum atomic E-state index is 3.54. The van der Waals surface area contributed by atoms with Crippen molar-refractivity contribution < 1.29 is 0 Å². The lowest BCUT2D eigenvalue weighted by molar-refractivity contribution is 0.583. The highest BCUT2D eigenvalue weighted by Crippen LogP contribution is 2.28. The van der Waals surface area contributed by atoms with Crippen LogP contribution in [0.2, 0.25) is 0 Å². The lowest BCUT2D eigenvalue weighted by atomic mass is 10.0. The number of nitrogens with one attached hydrogen (secondary N) is 1. The summed E-state index contributed by atoms with van der Waals surface area (Å²) in [5.74, 6) is 0. The zero-order valence-electron chi connectivity index (χ0n) is 13.9. The molecule has 0 saturated carbocycles. The highest BCUT2D eigenvalue weighted by molar-refractivity contribution is 5.55. The van der Waals surface area contributed by atoms with Gasteiger partial charge in [-0.15, -0.1) is 0 Å². The Labute approximate surface area is 125 Å². The van der Waals surface area contributed by atoms with Gasteiger partial charge in [-0.2, -0.15) is 0 Å². The predicted octanol–water partition coefficient (Wildman–Crippen LogP) is 4.76. The molecule has 0 aliphatic heterocycles. The summed E-state index contributed by atoms with van der Waals surface area (Å²) < 4.78 is 0. The van der Waals surface area contributed by atoms with Crippen molar-refractivity contribution in [1.82, 2.24) is 5.32 Å². The van der Waals surface area contributed by atoms with Crippen LogP contribution in [0.15, 0.2) is 24.3 Å². The van der Waals surface area contributed by atoms with E-state index >= 15 is 0 Å². The third kappa shape index (κ3) is 4.82. The Hall–Kier alpha value is -1.02. The van der Waals surface area contributed by atoms with Crippen LogP contribution in [0, 0.1) is 0 Å². The Bertz CT molecular complexity index is 373. The topological polar surface area (TPSA) is 15.3 Å². The largest absolute Gasteiger partial charge is 0.369 e. The van der Waals surface area contributed by atoms with Gasteiger partial charge in [0.25, 0.3) is 0 Å². The molecule has 0 amide bonds. The summed E-state index contributed by atoms with van der Waals surface area (Å²) >= 11 is 0. The molecular weight excluding hydrogens is 244 g/mol. The second kappa shape index (κ2) is 9.02. The fourth-order valence-electron chi connectivity index (χ4n) is 2.72. The molecule has 1 unspecified atom stereocenters. The number of hydrogen-bond donors (Lipinski definition) is 1. The van der Waals surface area contributed by atoms with Crippen LogP contribution in [0.25, 0.3) is 0 Å². The summed E-state index contributed by atoms with van der Waals surface area (Å²) in [6.45, 7) is 13.4. The van der Waals surface area contributed by atoms with Crippen LogP contribution in [0.4, 0.5) is 5.69 Å². The van der Waals surface area contributed by atoms with Crippen LogP contribution in [-0.2, 0) is 0 Å². The zero-order valence-corrected chi connectivity index (χ0v) is 13.9. The van der Waals surface area contributed by atoms with Crippen molar-refractivity contribution in [2.24, 2.45) is 0 Å². The van der Waals surface area contributed by atoms with Crippen molar-refractivity contribution in [3.8, 4) is 0 Å². The quantitative estimate of drug-likeness (QED) is 0.654. The molecule has 1 aromatic carbocycles. The summed E-state index contributed by atoms with van der Waals surface area (Å²) in [6, 6.07) is 9.79. The first-order valence-electron chi connectivity index (χ1n) is 8.20. The molecule has 0 fully saturated rings. The normalized spacial score (nSPS) is 12.7. The number of anilines is 1. The molecule has 1 rings (SSSR count). The van der Waals surface area contributed by atoms with E-state index in [0.29, 0.717) is 12.1 Å². The average Bonchev–Trinajstić information content (AvgIpc) is 2.43. The summed E-state index contributed by atoms with van der Waals surface area (Å²) in [5.41, 5.74) is 2.81. The van der Waals surface area contributed by atoms with E-state index in [9.17, 15) is 0 Å². The maximum absolute atomic E-state index is 3.54. The maximum Gasteiger partial charge on any atom is 0.0416 e. The van der Waals surface area contributed by atoms with E-state index in [0.717, 1.165) is 13.1 Å². The Kier molecular flexibility index (Phi) is 7.68. The van der Waals surface area contributed by atoms with Crippen molar-refractivity contribution in [3.63, 3.8) is 0 Å². The third-order valence-electron chi connectivity index (χ3n) is 3.85. The first kappa shape index (κ1) is 17.0. The molecule has 0 spiro atoms. The van der Waals surface area contributed by atoms with Gasteiger partial charge < -0.3 is 10.2 Å². The van der Waals surface area contributed by atoms with Gasteiger partial charge >= 0.3 is 0 Å². The van der Waals surface area contributed by atoms with Crippen LogP contribution in [0.1, 0.15) is 65.5 Å². The molecule has 0 saturated heterocycles. The number of rotatable bonds is 9. The summed E-state index contributed by atoms with van der Waals surface area (Å²) in [5, 5.41) is 3.54. The molecule has 0 aliphatic carbocycles. The van der Waals surface area contributed by atoms with Crippen LogP contribution in [0.5, 0.6) is 0 Å². The Morgan fingerprint density at radius 3 is 2.35 bits per heavy atom. The Morgan fingerprint density at radius 2 is 1.75 bits per heavy atom. The Morgan fingerprint density at radius 1 is 1.05 bits per heavy atom. The van der Waals surface area contributed by atoms with Crippen molar-refractivity contribution >= 4 is 5.69 Å². The first-order valence-corrected chi connectivity index (χ1v) is 8.20. The molecule has 1 atom stereocenters. The fourth-order valence-corrected chi connectivity index (χ4v) is 2.72. The van der Waals surface area contributed by atoms with E-state index in [1.165, 1.54) is 30.5 Å². The third-order valence-corrected chi connectivity index (χ3v) is 3.85. The van der Waals surface area contributed by atoms with Crippen LogP contribution < -0.4 is 10.2 Å². The number of para-hydroxylation sites is 1. The highest BCUT2D eigenvalue weighted by Gasteiger charge is 2.16. The van der Waals surface area contributed by atoms with E-state index in [1.54, 1.807) is 0 Å². The van der Waals surface area contributed by atoms with Gasteiger partial charge in [-0.1, -0.05) is 44.9 Å². The van der Waals surface area contributed by atoms with E-state index in [2.05, 4.69) is 69.1 Å². The fraction of sp³-hybridized carbons (Fsp3) is 0.667. The smallest absolute Gasteiger partial charge is 0.0416 e. The zero-order chi connectivity index (χ0) is 15.0. The molecule has 0 heterocycles. The summed E-state index contributed by atoms with van der Waals surface area (Å²) in [7, 11) is 0. The minimum atomic E-state index is 0.406. The SMILES string of the molecule is CCCCCN(c1ccccc1C(C)NCC)C(C)C. The van der Waals surface area contributed by atoms with Crippen molar-refractivity contribution in [3.05, 3.63) is 29.8 Å². The molecule has 0 radical (unpaired) electrons. The molecule has 0 aromatic heterocycles. The van der Waals surface area contributed by atoms with Gasteiger partial charge in [0.15, 0.2) is 0 Å². The first-order chi connectivity index (χ1) is 9.61. The molecule has 114 valence electrons. The van der Waals surface area contributed by atoms with Gasteiger partial charge in [0.05, 0.1) is 0 Å². The van der Waals surface area contributed by atoms with Gasteiger partial charge in [0.2, 0.25) is 0 Å². The molecule has 1 aromatic rings. The van der Waals surface area contributed by atoms with E-state index in [-0.39, 0.29) is 0 Å². The number of nitrogens with zero attached hydrogens (tertiary/aromatic N) is 1. The minimum Gasteiger partial charge on any atom is -0.369 e. The van der Waals surface area contributed by atoms with E-state index < -0.39 is 0 Å². The second-order valence-electron chi connectivity index (χ2n) is 5.83. The van der Waals surface area contributed by atoms with Crippen molar-refractivity contribution in [2.45, 2.75) is 66.0 Å². The van der Waals surface area contributed by atoms with Crippen LogP contribution in [0.3, 0.4) is 0 Å². The van der Waals surface area contributed by atoms with Gasteiger partial charge in [-0.3, -0.25) is 0 Å². The number of benzene rings is 1. The minimum absolute atomic E-state index is 0.406. The van der Waals surface area contributed by atoms with Crippen LogP contribution in [-0.4, -0.2) is 19.1 Å². The van der Waals surface area contributed by atoms with E-state index in [4.69, 9.17) is 0 Å². The number of unbranched alkanes of at least 4 members (excludes halogenated alkanes) is 2. The standard InChI is InChI=1S/C18H32N2/c1-6-8-11-14-20(15(3)4)18-13-10-9-12-17(18)16(5)19-7-2/h9-10,12-13,15-16,19H,6-8,11,14H2,1-5H3. The molecule has 0 bridgehead atoms. The van der Waals surface area contributed by atoms with Gasteiger partial charge in [-0.05, 0) is 45.4 Å². The molecule has 20 heavy (non-hydrogen) atoms. The second-order valence-corrected chi connectivity index (χ2v) is 5.83. The van der Waals surface area contributed by atoms with Gasteiger partial charge in [0.1, 0.15) is 0 Å². The number of hydrogen-bond acceptors (Lipinski definition) is 2. The van der Waals surface area contributed by atoms with Gasteiger partial charge in [-0.25, -0.2) is 0 Å². The lowest BCUT2D eigenvalue weighted by Gasteiger charge is -2.32. The molecule has 0 aliphatic rings. The molecule has 2 nitrogen and oxygen atoms in total. The molecule has 2 heteroatoms. The van der Waals surface area contributed by atoms with Crippen molar-refractivity contribution in [1.29, 1.82) is 0 Å². The Balaban J connectivity index is 2.94. The van der Waals surface area contributed by atoms with Crippen molar-refractivity contribution in [2.75, 3.05) is 18.0 Å². The summed E-state index contributed by atoms with van der Waals surface area (Å²) in [4.78, 5) is 2.55. The lowest BCUT2D eigenvalue weighted by Crippen LogP contribution is -2.33. The summed E-state index contributed by atoms with van der Waals surface area (Å²) in [6.07, 6.45) is 3.87. The van der Waals surface area contributed by atoms with E-state index in [1.807, 2.05) is 0 Å². The monoisotopic (exact) mass is 276 g/mol. The molecular formula is C18H32N2. The molecule has 1 N–H and O–H groups in total. The van der Waals surface area contributed by atoms with Crippen LogP contribution >= 0.6 is 0 Å². The van der Waals surface area contributed by atoms with Gasteiger partial charge in [0, 0.05) is 24.3 Å². The predicted molar refractivity (Wildman–Crippen MR) is 90.5 cm³/mol. The highest BCUT2D eigenvalue weighted by atomic mass is 15.2. The average molecular weight is 276 g/mol.